The Hall–Kier alpha value is -4.61. The SMILES string of the molecule is C=CC(=O)N[C@@H]1CCCN(Cc2ccnc(C(=O)Nc3ccc(-c4cc5c(N6CC7COCC7C6)ncnc5[nH]4)cc3)c2)C1. The molecule has 0 bridgehead atoms. The van der Waals surface area contributed by atoms with Crippen LogP contribution in [0.3, 0.4) is 0 Å². The Bertz CT molecular complexity index is 1670. The summed E-state index contributed by atoms with van der Waals surface area (Å²) in [4.78, 5) is 46.3. The third kappa shape index (κ3) is 5.93. The van der Waals surface area contributed by atoms with Crippen LogP contribution in [0, 0.1) is 11.8 Å². The van der Waals surface area contributed by atoms with Crippen LogP contribution in [0.15, 0.2) is 67.6 Å². The minimum absolute atomic E-state index is 0.0986. The Morgan fingerprint density at radius 2 is 1.86 bits per heavy atom. The third-order valence-corrected chi connectivity index (χ3v) is 8.90. The number of fused-ring (bicyclic) bond motifs is 2. The number of rotatable bonds is 8. The normalized spacial score (nSPS) is 21.7. The molecule has 0 aliphatic carbocycles. The number of aromatic amines is 1. The molecular weight excluding hydrogens is 556 g/mol. The summed E-state index contributed by atoms with van der Waals surface area (Å²) in [5.74, 6) is 1.69. The summed E-state index contributed by atoms with van der Waals surface area (Å²) in [6.45, 7) is 9.49. The fraction of sp³-hybridized carbons (Fsp3) is 0.364. The van der Waals surface area contributed by atoms with Crippen molar-refractivity contribution in [2.24, 2.45) is 11.8 Å². The molecule has 0 saturated carbocycles. The number of nitrogens with zero attached hydrogens (tertiary/aromatic N) is 5. The molecule has 0 radical (unpaired) electrons. The number of benzene rings is 1. The molecule has 1 aromatic carbocycles. The second-order valence-electron chi connectivity index (χ2n) is 12.0. The predicted octanol–water partition coefficient (Wildman–Crippen LogP) is 3.62. The van der Waals surface area contributed by atoms with Crippen LogP contribution in [0.5, 0.6) is 0 Å². The maximum Gasteiger partial charge on any atom is 0.274 e. The van der Waals surface area contributed by atoms with E-state index in [1.54, 1.807) is 12.5 Å². The first-order valence-electron chi connectivity index (χ1n) is 15.2. The number of ether oxygens (including phenoxy) is 1. The topological polar surface area (TPSA) is 128 Å². The van der Waals surface area contributed by atoms with Crippen LogP contribution in [0.1, 0.15) is 28.9 Å². The number of hydrogen-bond acceptors (Lipinski definition) is 8. The maximum absolute atomic E-state index is 13.1. The predicted molar refractivity (Wildman–Crippen MR) is 168 cm³/mol. The molecule has 6 heterocycles. The van der Waals surface area contributed by atoms with Gasteiger partial charge in [-0.15, -0.1) is 0 Å². The second-order valence-corrected chi connectivity index (χ2v) is 12.0. The lowest BCUT2D eigenvalue weighted by molar-refractivity contribution is -0.117. The molecule has 226 valence electrons. The third-order valence-electron chi connectivity index (χ3n) is 8.90. The van der Waals surface area contributed by atoms with Gasteiger partial charge >= 0.3 is 0 Å². The minimum atomic E-state index is -0.263. The zero-order valence-corrected chi connectivity index (χ0v) is 24.5. The number of pyridine rings is 1. The van der Waals surface area contributed by atoms with E-state index >= 15 is 0 Å². The fourth-order valence-corrected chi connectivity index (χ4v) is 6.65. The smallest absolute Gasteiger partial charge is 0.274 e. The summed E-state index contributed by atoms with van der Waals surface area (Å²) < 4.78 is 5.64. The molecule has 3 saturated heterocycles. The van der Waals surface area contributed by atoms with Crippen molar-refractivity contribution in [1.29, 1.82) is 0 Å². The molecule has 3 atom stereocenters. The molecular formula is C33H36N8O3. The van der Waals surface area contributed by atoms with E-state index in [-0.39, 0.29) is 17.9 Å². The molecule has 2 amide bonds. The van der Waals surface area contributed by atoms with Crippen molar-refractivity contribution in [3.05, 3.63) is 78.9 Å². The highest BCUT2D eigenvalue weighted by Crippen LogP contribution is 2.35. The number of nitrogens with one attached hydrogen (secondary N) is 3. The first-order chi connectivity index (χ1) is 21.5. The van der Waals surface area contributed by atoms with Crippen LogP contribution in [0.25, 0.3) is 22.3 Å². The van der Waals surface area contributed by atoms with Crippen LogP contribution in [-0.2, 0) is 16.1 Å². The molecule has 11 heteroatoms. The first kappa shape index (κ1) is 28.2. The van der Waals surface area contributed by atoms with Gasteiger partial charge in [-0.25, -0.2) is 9.97 Å². The summed E-state index contributed by atoms with van der Waals surface area (Å²) in [7, 11) is 0. The van der Waals surface area contributed by atoms with E-state index in [1.165, 1.54) is 6.08 Å². The van der Waals surface area contributed by atoms with Gasteiger partial charge in [-0.3, -0.25) is 19.5 Å². The number of piperidine rings is 1. The number of aromatic nitrogens is 4. The van der Waals surface area contributed by atoms with Gasteiger partial charge in [0.05, 0.1) is 18.6 Å². The summed E-state index contributed by atoms with van der Waals surface area (Å²) >= 11 is 0. The van der Waals surface area contributed by atoms with Crippen molar-refractivity contribution < 1.29 is 14.3 Å². The monoisotopic (exact) mass is 592 g/mol. The largest absolute Gasteiger partial charge is 0.381 e. The van der Waals surface area contributed by atoms with Crippen molar-refractivity contribution in [1.82, 2.24) is 30.2 Å². The molecule has 7 rings (SSSR count). The summed E-state index contributed by atoms with van der Waals surface area (Å²) in [6, 6.07) is 13.7. The van der Waals surface area contributed by atoms with E-state index in [0.29, 0.717) is 29.8 Å². The Labute approximate surface area is 255 Å². The number of hydrogen-bond donors (Lipinski definition) is 3. The van der Waals surface area contributed by atoms with Gasteiger partial charge in [-0.05, 0) is 66.9 Å². The van der Waals surface area contributed by atoms with Crippen molar-refractivity contribution in [3.63, 3.8) is 0 Å². The average molecular weight is 593 g/mol. The van der Waals surface area contributed by atoms with Crippen LogP contribution in [0.2, 0.25) is 0 Å². The molecule has 2 unspecified atom stereocenters. The van der Waals surface area contributed by atoms with E-state index < -0.39 is 0 Å². The molecule has 3 aliphatic rings. The summed E-state index contributed by atoms with van der Waals surface area (Å²) in [6.07, 6.45) is 6.55. The van der Waals surface area contributed by atoms with Gasteiger partial charge in [-0.1, -0.05) is 18.7 Å². The van der Waals surface area contributed by atoms with Crippen LogP contribution in [0.4, 0.5) is 11.5 Å². The van der Waals surface area contributed by atoms with Crippen molar-refractivity contribution in [3.8, 4) is 11.3 Å². The fourth-order valence-electron chi connectivity index (χ4n) is 6.65. The second kappa shape index (κ2) is 12.2. The Kier molecular flexibility index (Phi) is 7.80. The number of carbonyl (C=O) groups excluding carboxylic acids is 2. The van der Waals surface area contributed by atoms with Gasteiger partial charge in [0.2, 0.25) is 5.91 Å². The van der Waals surface area contributed by atoms with Crippen LogP contribution < -0.4 is 15.5 Å². The Morgan fingerprint density at radius 1 is 1.05 bits per heavy atom. The zero-order chi connectivity index (χ0) is 30.0. The molecule has 3 fully saturated rings. The van der Waals surface area contributed by atoms with Crippen LogP contribution >= 0.6 is 0 Å². The number of carbonyl (C=O) groups is 2. The highest BCUT2D eigenvalue weighted by molar-refractivity contribution is 6.03. The molecule has 0 spiro atoms. The quantitative estimate of drug-likeness (QED) is 0.265. The van der Waals surface area contributed by atoms with E-state index in [9.17, 15) is 9.59 Å². The van der Waals surface area contributed by atoms with Crippen molar-refractivity contribution >= 4 is 34.4 Å². The molecule has 11 nitrogen and oxygen atoms in total. The molecule has 44 heavy (non-hydrogen) atoms. The van der Waals surface area contributed by atoms with Gasteiger partial charge in [0.15, 0.2) is 0 Å². The highest BCUT2D eigenvalue weighted by Gasteiger charge is 2.38. The van der Waals surface area contributed by atoms with Gasteiger partial charge in [-0.2, -0.15) is 0 Å². The summed E-state index contributed by atoms with van der Waals surface area (Å²) in [5.41, 5.74) is 4.79. The lowest BCUT2D eigenvalue weighted by Gasteiger charge is -2.33. The van der Waals surface area contributed by atoms with Gasteiger partial charge < -0.3 is 25.3 Å². The van der Waals surface area contributed by atoms with E-state index in [1.807, 2.05) is 36.4 Å². The molecule has 3 N–H and O–H groups in total. The molecule has 3 aliphatic heterocycles. The van der Waals surface area contributed by atoms with Gasteiger partial charge in [0, 0.05) is 61.6 Å². The number of H-pyrrole nitrogens is 1. The lowest BCUT2D eigenvalue weighted by atomic mass is 10.0. The van der Waals surface area contributed by atoms with E-state index in [2.05, 4.69) is 53.0 Å². The molecule has 4 aromatic rings. The number of anilines is 2. The maximum atomic E-state index is 13.1. The average Bonchev–Trinajstić information content (AvgIpc) is 3.77. The van der Waals surface area contributed by atoms with Crippen molar-refractivity contribution in [2.75, 3.05) is 49.6 Å². The first-order valence-corrected chi connectivity index (χ1v) is 15.2. The summed E-state index contributed by atoms with van der Waals surface area (Å²) in [5, 5.41) is 6.98. The van der Waals surface area contributed by atoms with Gasteiger partial charge in [0.25, 0.3) is 5.91 Å². The zero-order valence-electron chi connectivity index (χ0n) is 24.5. The van der Waals surface area contributed by atoms with Crippen molar-refractivity contribution in [2.45, 2.75) is 25.4 Å². The Balaban J connectivity index is 0.996. The Morgan fingerprint density at radius 3 is 2.66 bits per heavy atom. The molecule has 3 aromatic heterocycles. The van der Waals surface area contributed by atoms with Crippen LogP contribution in [-0.4, -0.2) is 82.1 Å². The number of amides is 2. The lowest BCUT2D eigenvalue weighted by Crippen LogP contribution is -2.46. The minimum Gasteiger partial charge on any atom is -0.381 e. The number of likely N-dealkylation sites (tertiary alicyclic amines) is 1. The van der Waals surface area contributed by atoms with Gasteiger partial charge in [0.1, 0.15) is 23.5 Å². The van der Waals surface area contributed by atoms with E-state index in [4.69, 9.17) is 4.74 Å². The standard InChI is InChI=1S/C33H36N8O3/c1-2-30(42)37-26-4-3-11-40(17-26)14-21-9-10-34-29(12-21)33(43)38-25-7-5-22(6-8-25)28-13-27-31(39-28)35-20-36-32(27)41-15-23-18-44-19-24(23)16-41/h2,5-10,12-13,20,23-24,26H,1,3-4,11,14-19H2,(H,37,42)(H,38,43)(H,35,36,39)/t23?,24?,26-/m1/s1. The highest BCUT2D eigenvalue weighted by atomic mass is 16.5. The van der Waals surface area contributed by atoms with E-state index in [0.717, 1.165) is 85.9 Å².